The van der Waals surface area contributed by atoms with Crippen molar-refractivity contribution >= 4 is 22.8 Å². The molecule has 0 saturated carbocycles. The van der Waals surface area contributed by atoms with Crippen LogP contribution in [0.25, 0.3) is 22.0 Å². The lowest BCUT2D eigenvalue weighted by atomic mass is 9.93. The van der Waals surface area contributed by atoms with E-state index in [1.54, 1.807) is 12.1 Å². The fraction of sp³-hybridized carbons (Fsp3) is 0.485. The third-order valence-electron chi connectivity index (χ3n) is 7.47. The number of halogens is 3. The number of pyridine rings is 1. The van der Waals surface area contributed by atoms with Crippen molar-refractivity contribution in [3.63, 3.8) is 0 Å². The number of rotatable bonds is 19. The second kappa shape index (κ2) is 18.6. The molecule has 1 fully saturated rings. The van der Waals surface area contributed by atoms with Crippen LogP contribution in [0.15, 0.2) is 53.3 Å². The molecule has 4 N–H and O–H groups in total. The first kappa shape index (κ1) is 37.8. The van der Waals surface area contributed by atoms with Crippen LogP contribution in [0.2, 0.25) is 0 Å². The second-order valence-corrected chi connectivity index (χ2v) is 11.0. The summed E-state index contributed by atoms with van der Waals surface area (Å²) in [6, 6.07) is 10.6. The molecule has 268 valence electrons. The number of ether oxygens (including phenoxy) is 6. The lowest BCUT2D eigenvalue weighted by Crippen LogP contribution is -2.34. The van der Waals surface area contributed by atoms with Crippen LogP contribution in [0.1, 0.15) is 23.5 Å². The number of H-pyrrole nitrogens is 1. The summed E-state index contributed by atoms with van der Waals surface area (Å²) in [5, 5.41) is 20.9. The highest BCUT2D eigenvalue weighted by atomic mass is 19.4. The van der Waals surface area contributed by atoms with Crippen molar-refractivity contribution in [1.82, 2.24) is 10.3 Å². The molecule has 0 bridgehead atoms. The molecule has 0 aliphatic carbocycles. The number of aliphatic hydroxyl groups is 2. The van der Waals surface area contributed by atoms with Crippen molar-refractivity contribution in [2.24, 2.45) is 0 Å². The van der Waals surface area contributed by atoms with Crippen LogP contribution in [-0.4, -0.2) is 112 Å². The molecule has 1 amide bonds. The standard InChI is InChI=1S/C33H39F3N2O11/c34-33(35,36)28-4-2-1-3-25(28)29-16-22-6-5-21(15-26(22)31(42)38-29)27-17-23(37-30(27)41)18-48-32(43)49-24(19-46-13-11-44-9-7-39)20-47-14-12-45-10-8-40/h1-6,15-16,23-24,27,39-40H,7-14,17-20H2,(H,37,41)(H,38,42)/t23?,27-/m0/s1. The molecule has 16 heteroatoms. The van der Waals surface area contributed by atoms with E-state index in [1.807, 2.05) is 0 Å². The Kier molecular flexibility index (Phi) is 14.4. The number of carbonyl (C=O) groups excluding carboxylic acids is 2. The molecule has 4 rings (SSSR count). The van der Waals surface area contributed by atoms with Gasteiger partial charge in [-0.15, -0.1) is 0 Å². The Bertz CT molecular complexity index is 1570. The summed E-state index contributed by atoms with van der Waals surface area (Å²) in [4.78, 5) is 40.9. The fourth-order valence-electron chi connectivity index (χ4n) is 5.21. The monoisotopic (exact) mass is 696 g/mol. The number of aromatic nitrogens is 1. The summed E-state index contributed by atoms with van der Waals surface area (Å²) in [5.41, 5.74) is -1.11. The van der Waals surface area contributed by atoms with Gasteiger partial charge in [0.2, 0.25) is 5.91 Å². The third-order valence-corrected chi connectivity index (χ3v) is 7.47. The van der Waals surface area contributed by atoms with Crippen LogP contribution < -0.4 is 10.9 Å². The molecule has 2 heterocycles. The maximum Gasteiger partial charge on any atom is 0.508 e. The first-order valence-electron chi connectivity index (χ1n) is 15.6. The van der Waals surface area contributed by atoms with E-state index in [1.165, 1.54) is 30.3 Å². The van der Waals surface area contributed by atoms with Crippen molar-refractivity contribution in [3.8, 4) is 11.3 Å². The highest BCUT2D eigenvalue weighted by molar-refractivity contribution is 5.90. The maximum atomic E-state index is 13.6. The third kappa shape index (κ3) is 11.2. The average molecular weight is 697 g/mol. The highest BCUT2D eigenvalue weighted by Crippen LogP contribution is 2.37. The van der Waals surface area contributed by atoms with Crippen LogP contribution in [-0.2, 0) is 39.4 Å². The second-order valence-electron chi connectivity index (χ2n) is 11.0. The average Bonchev–Trinajstić information content (AvgIpc) is 3.46. The molecular formula is C33H39F3N2O11. The number of benzene rings is 2. The van der Waals surface area contributed by atoms with Crippen LogP contribution >= 0.6 is 0 Å². The predicted octanol–water partition coefficient (Wildman–Crippen LogP) is 2.76. The van der Waals surface area contributed by atoms with Crippen LogP contribution in [0.4, 0.5) is 18.0 Å². The number of hydrogen-bond donors (Lipinski definition) is 4. The lowest BCUT2D eigenvalue weighted by Gasteiger charge is -2.19. The van der Waals surface area contributed by atoms with Crippen molar-refractivity contribution in [1.29, 1.82) is 0 Å². The van der Waals surface area contributed by atoms with E-state index in [-0.39, 0.29) is 102 Å². The minimum Gasteiger partial charge on any atom is -0.432 e. The SMILES string of the molecule is O=C(OCC1C[C@@H](c2ccc3cc(-c4ccccc4C(F)(F)F)[nH]c(=O)c3c2)C(=O)N1)OC(COCCOCCO)COCCOCCO. The van der Waals surface area contributed by atoms with Gasteiger partial charge in [0.05, 0.1) is 83.6 Å². The minimum absolute atomic E-state index is 0.0142. The van der Waals surface area contributed by atoms with Crippen molar-refractivity contribution in [3.05, 3.63) is 70.0 Å². The topological polar surface area (TPSA) is 175 Å². The normalized spacial score (nSPS) is 16.3. The molecule has 2 aromatic carbocycles. The van der Waals surface area contributed by atoms with E-state index in [0.717, 1.165) is 6.07 Å². The van der Waals surface area contributed by atoms with E-state index in [9.17, 15) is 27.6 Å². The number of fused-ring (bicyclic) bond motifs is 1. The van der Waals surface area contributed by atoms with Crippen LogP contribution in [0, 0.1) is 0 Å². The minimum atomic E-state index is -4.61. The van der Waals surface area contributed by atoms with Gasteiger partial charge in [-0.1, -0.05) is 30.3 Å². The Hall–Kier alpha value is -4.06. The Morgan fingerprint density at radius 3 is 2.18 bits per heavy atom. The molecular weight excluding hydrogens is 657 g/mol. The molecule has 1 unspecified atom stereocenters. The van der Waals surface area contributed by atoms with Crippen molar-refractivity contribution < 1.29 is 61.4 Å². The molecule has 1 saturated heterocycles. The quantitative estimate of drug-likeness (QED) is 0.107. The van der Waals surface area contributed by atoms with Crippen molar-refractivity contribution in [2.75, 3.05) is 72.7 Å². The Morgan fingerprint density at radius 1 is 0.878 bits per heavy atom. The van der Waals surface area contributed by atoms with Crippen molar-refractivity contribution in [2.45, 2.75) is 30.7 Å². The van der Waals surface area contributed by atoms with E-state index >= 15 is 0 Å². The van der Waals surface area contributed by atoms with Gasteiger partial charge in [0, 0.05) is 16.6 Å². The molecule has 0 radical (unpaired) electrons. The Balaban J connectivity index is 1.33. The van der Waals surface area contributed by atoms with Gasteiger partial charge in [0.25, 0.3) is 5.56 Å². The van der Waals surface area contributed by atoms with Gasteiger partial charge in [-0.25, -0.2) is 4.79 Å². The van der Waals surface area contributed by atoms with E-state index in [2.05, 4.69) is 10.3 Å². The van der Waals surface area contributed by atoms with E-state index in [0.29, 0.717) is 10.9 Å². The Morgan fingerprint density at radius 2 is 1.53 bits per heavy atom. The smallest absolute Gasteiger partial charge is 0.432 e. The number of aromatic amines is 1. The molecule has 1 aliphatic heterocycles. The molecule has 0 spiro atoms. The largest absolute Gasteiger partial charge is 0.508 e. The number of hydrogen-bond acceptors (Lipinski definition) is 11. The first-order valence-corrected chi connectivity index (χ1v) is 15.6. The van der Waals surface area contributed by atoms with Gasteiger partial charge in [-0.3, -0.25) is 9.59 Å². The molecule has 3 aromatic rings. The highest BCUT2D eigenvalue weighted by Gasteiger charge is 2.35. The summed E-state index contributed by atoms with van der Waals surface area (Å²) in [7, 11) is 0. The van der Waals surface area contributed by atoms with Gasteiger partial charge in [-0.05, 0) is 35.6 Å². The maximum absolute atomic E-state index is 13.6. The molecule has 2 atom stereocenters. The van der Waals surface area contributed by atoms with Crippen LogP contribution in [0.5, 0.6) is 0 Å². The number of alkyl halides is 3. The number of nitrogens with one attached hydrogen (secondary N) is 2. The summed E-state index contributed by atoms with van der Waals surface area (Å²) >= 11 is 0. The summed E-state index contributed by atoms with van der Waals surface area (Å²) in [5.74, 6) is -1.02. The van der Waals surface area contributed by atoms with Gasteiger partial charge >= 0.3 is 12.3 Å². The zero-order valence-corrected chi connectivity index (χ0v) is 26.5. The zero-order valence-electron chi connectivity index (χ0n) is 26.5. The van der Waals surface area contributed by atoms with Crippen LogP contribution in [0.3, 0.4) is 0 Å². The number of carbonyl (C=O) groups is 2. The Labute approximate surface area is 279 Å². The van der Waals surface area contributed by atoms with E-state index < -0.39 is 41.5 Å². The van der Waals surface area contributed by atoms with Gasteiger partial charge in [0.1, 0.15) is 6.61 Å². The molecule has 1 aromatic heterocycles. The summed E-state index contributed by atoms with van der Waals surface area (Å²) in [6.45, 7) is 0.611. The molecule has 49 heavy (non-hydrogen) atoms. The summed E-state index contributed by atoms with van der Waals surface area (Å²) in [6.07, 6.45) is -6.23. The lowest BCUT2D eigenvalue weighted by molar-refractivity contribution is -0.137. The number of amides is 1. The molecule has 1 aliphatic rings. The number of aliphatic hydroxyl groups excluding tert-OH is 2. The van der Waals surface area contributed by atoms with Gasteiger partial charge < -0.3 is 48.9 Å². The van der Waals surface area contributed by atoms with E-state index in [4.69, 9.17) is 38.6 Å². The predicted molar refractivity (Wildman–Crippen MR) is 168 cm³/mol. The summed E-state index contributed by atoms with van der Waals surface area (Å²) < 4.78 is 72.5. The zero-order chi connectivity index (χ0) is 35.2. The van der Waals surface area contributed by atoms with Gasteiger partial charge in [-0.2, -0.15) is 13.2 Å². The first-order chi connectivity index (χ1) is 23.6. The van der Waals surface area contributed by atoms with Gasteiger partial charge in [0.15, 0.2) is 6.10 Å². The fourth-order valence-corrected chi connectivity index (χ4v) is 5.21. The molecule has 13 nitrogen and oxygen atoms in total.